The summed E-state index contributed by atoms with van der Waals surface area (Å²) in [5, 5.41) is 3.08. The van der Waals surface area contributed by atoms with Gasteiger partial charge in [-0.1, -0.05) is 12.1 Å². The van der Waals surface area contributed by atoms with Crippen molar-refractivity contribution < 1.29 is 4.39 Å². The average Bonchev–Trinajstić information content (AvgIpc) is 2.33. The van der Waals surface area contributed by atoms with E-state index in [4.69, 9.17) is 5.73 Å². The molecule has 0 unspecified atom stereocenters. The van der Waals surface area contributed by atoms with Crippen molar-refractivity contribution >= 4 is 11.4 Å². The Morgan fingerprint density at radius 1 is 1.29 bits per heavy atom. The van der Waals surface area contributed by atoms with E-state index in [1.165, 1.54) is 6.07 Å². The van der Waals surface area contributed by atoms with Crippen LogP contribution in [0.5, 0.6) is 0 Å². The van der Waals surface area contributed by atoms with Gasteiger partial charge < -0.3 is 11.1 Å². The third-order valence-electron chi connectivity index (χ3n) is 2.62. The molecule has 0 saturated carbocycles. The second-order valence-corrected chi connectivity index (χ2v) is 3.82. The van der Waals surface area contributed by atoms with Crippen molar-refractivity contribution in [1.29, 1.82) is 0 Å². The highest BCUT2D eigenvalue weighted by molar-refractivity contribution is 5.66. The molecule has 88 valence electrons. The third kappa shape index (κ3) is 2.53. The van der Waals surface area contributed by atoms with Gasteiger partial charge in [-0.15, -0.1) is 0 Å². The normalized spacial score (nSPS) is 10.2. The molecule has 17 heavy (non-hydrogen) atoms. The number of para-hydroxylation sites is 1. The fourth-order valence-corrected chi connectivity index (χ4v) is 1.57. The van der Waals surface area contributed by atoms with Gasteiger partial charge in [-0.05, 0) is 30.7 Å². The number of nitrogens with zero attached hydrogens (tertiary/aromatic N) is 1. The SMILES string of the molecule is Cc1cccnc1CNc1cccc(F)c1N. The highest BCUT2D eigenvalue weighted by atomic mass is 19.1. The molecule has 2 aromatic rings. The number of pyridine rings is 1. The van der Waals surface area contributed by atoms with Gasteiger partial charge in [0.2, 0.25) is 0 Å². The summed E-state index contributed by atoms with van der Waals surface area (Å²) in [6.45, 7) is 2.51. The minimum atomic E-state index is -0.409. The first kappa shape index (κ1) is 11.4. The molecule has 0 atom stereocenters. The fourth-order valence-electron chi connectivity index (χ4n) is 1.57. The summed E-state index contributed by atoms with van der Waals surface area (Å²) in [6.07, 6.45) is 1.74. The molecule has 1 aromatic heterocycles. The molecular weight excluding hydrogens is 217 g/mol. The van der Waals surface area contributed by atoms with Crippen molar-refractivity contribution in [2.75, 3.05) is 11.1 Å². The maximum Gasteiger partial charge on any atom is 0.148 e. The zero-order valence-electron chi connectivity index (χ0n) is 9.57. The molecule has 0 aliphatic rings. The highest BCUT2D eigenvalue weighted by Gasteiger charge is 2.04. The van der Waals surface area contributed by atoms with Crippen molar-refractivity contribution in [3.05, 3.63) is 53.6 Å². The van der Waals surface area contributed by atoms with E-state index in [9.17, 15) is 4.39 Å². The first-order chi connectivity index (χ1) is 8.18. The Morgan fingerprint density at radius 2 is 2.12 bits per heavy atom. The Morgan fingerprint density at radius 3 is 2.88 bits per heavy atom. The van der Waals surface area contributed by atoms with Crippen LogP contribution in [0.4, 0.5) is 15.8 Å². The Kier molecular flexibility index (Phi) is 3.23. The number of anilines is 2. The van der Waals surface area contributed by atoms with Crippen molar-refractivity contribution in [3.8, 4) is 0 Å². The zero-order chi connectivity index (χ0) is 12.3. The van der Waals surface area contributed by atoms with Crippen LogP contribution in [0.3, 0.4) is 0 Å². The van der Waals surface area contributed by atoms with Gasteiger partial charge in [0.25, 0.3) is 0 Å². The number of halogens is 1. The van der Waals surface area contributed by atoms with Crippen LogP contribution in [0.25, 0.3) is 0 Å². The topological polar surface area (TPSA) is 50.9 Å². The van der Waals surface area contributed by atoms with E-state index in [-0.39, 0.29) is 5.69 Å². The van der Waals surface area contributed by atoms with Gasteiger partial charge >= 0.3 is 0 Å². The summed E-state index contributed by atoms with van der Waals surface area (Å²) >= 11 is 0. The number of hydrogen-bond donors (Lipinski definition) is 2. The largest absolute Gasteiger partial charge is 0.395 e. The van der Waals surface area contributed by atoms with Gasteiger partial charge in [-0.3, -0.25) is 4.98 Å². The monoisotopic (exact) mass is 231 g/mol. The second-order valence-electron chi connectivity index (χ2n) is 3.82. The Hall–Kier alpha value is -2.10. The van der Waals surface area contributed by atoms with E-state index < -0.39 is 5.82 Å². The first-order valence-electron chi connectivity index (χ1n) is 5.37. The predicted octanol–water partition coefficient (Wildman–Crippen LogP) is 2.72. The Balaban J connectivity index is 2.13. The Bertz CT molecular complexity index is 526. The summed E-state index contributed by atoms with van der Waals surface area (Å²) in [6, 6.07) is 8.58. The van der Waals surface area contributed by atoms with E-state index in [1.54, 1.807) is 18.3 Å². The maximum atomic E-state index is 13.2. The van der Waals surface area contributed by atoms with Gasteiger partial charge in [0, 0.05) is 6.20 Å². The molecule has 0 fully saturated rings. The summed E-state index contributed by atoms with van der Waals surface area (Å²) in [7, 11) is 0. The molecule has 3 nitrogen and oxygen atoms in total. The summed E-state index contributed by atoms with van der Waals surface area (Å²) < 4.78 is 13.2. The predicted molar refractivity (Wildman–Crippen MR) is 67.1 cm³/mol. The average molecular weight is 231 g/mol. The van der Waals surface area contributed by atoms with Crippen LogP contribution in [-0.2, 0) is 6.54 Å². The summed E-state index contributed by atoms with van der Waals surface area (Å²) in [5.41, 5.74) is 8.38. The van der Waals surface area contributed by atoms with Gasteiger partial charge in [0.15, 0.2) is 0 Å². The van der Waals surface area contributed by atoms with Gasteiger partial charge in [-0.25, -0.2) is 4.39 Å². The molecule has 2 rings (SSSR count). The van der Waals surface area contributed by atoms with E-state index in [0.29, 0.717) is 12.2 Å². The van der Waals surface area contributed by atoms with E-state index in [0.717, 1.165) is 11.3 Å². The molecule has 1 aromatic carbocycles. The summed E-state index contributed by atoms with van der Waals surface area (Å²) in [5.74, 6) is -0.409. The molecule has 0 aliphatic heterocycles. The minimum Gasteiger partial charge on any atom is -0.395 e. The smallest absolute Gasteiger partial charge is 0.148 e. The number of nitrogens with two attached hydrogens (primary N) is 1. The second kappa shape index (κ2) is 4.82. The molecule has 0 spiro atoms. The zero-order valence-corrected chi connectivity index (χ0v) is 9.57. The van der Waals surface area contributed by atoms with Crippen LogP contribution in [0.1, 0.15) is 11.3 Å². The quantitative estimate of drug-likeness (QED) is 0.798. The minimum absolute atomic E-state index is 0.140. The standard InChI is InChI=1S/C13H14FN3/c1-9-4-3-7-16-12(9)8-17-11-6-2-5-10(14)13(11)15/h2-7,17H,8,15H2,1H3. The number of benzene rings is 1. The van der Waals surface area contributed by atoms with E-state index in [2.05, 4.69) is 10.3 Å². The number of aromatic nitrogens is 1. The van der Waals surface area contributed by atoms with Crippen molar-refractivity contribution in [2.24, 2.45) is 0 Å². The van der Waals surface area contributed by atoms with Crippen LogP contribution in [-0.4, -0.2) is 4.98 Å². The number of rotatable bonds is 3. The van der Waals surface area contributed by atoms with Crippen LogP contribution in [0.2, 0.25) is 0 Å². The number of hydrogen-bond acceptors (Lipinski definition) is 3. The lowest BCUT2D eigenvalue weighted by Gasteiger charge is -2.10. The van der Waals surface area contributed by atoms with Crippen molar-refractivity contribution in [2.45, 2.75) is 13.5 Å². The molecule has 3 N–H and O–H groups in total. The number of nitrogens with one attached hydrogen (secondary N) is 1. The van der Waals surface area contributed by atoms with Gasteiger partial charge in [-0.2, -0.15) is 0 Å². The summed E-state index contributed by atoms with van der Waals surface area (Å²) in [4.78, 5) is 4.25. The molecule has 4 heteroatoms. The molecular formula is C13H14FN3. The number of nitrogen functional groups attached to an aromatic ring is 1. The lowest BCUT2D eigenvalue weighted by Crippen LogP contribution is -2.06. The van der Waals surface area contributed by atoms with Crippen LogP contribution in [0.15, 0.2) is 36.5 Å². The first-order valence-corrected chi connectivity index (χ1v) is 5.37. The number of aryl methyl sites for hydroxylation is 1. The lowest BCUT2D eigenvalue weighted by atomic mass is 10.2. The molecule has 0 amide bonds. The molecule has 0 radical (unpaired) electrons. The maximum absolute atomic E-state index is 13.2. The molecule has 1 heterocycles. The molecule has 0 saturated heterocycles. The van der Waals surface area contributed by atoms with Crippen LogP contribution in [0, 0.1) is 12.7 Å². The van der Waals surface area contributed by atoms with Crippen molar-refractivity contribution in [3.63, 3.8) is 0 Å². The van der Waals surface area contributed by atoms with Crippen LogP contribution >= 0.6 is 0 Å². The van der Waals surface area contributed by atoms with Gasteiger partial charge in [0.1, 0.15) is 5.82 Å². The molecule has 0 bridgehead atoms. The lowest BCUT2D eigenvalue weighted by molar-refractivity contribution is 0.633. The highest BCUT2D eigenvalue weighted by Crippen LogP contribution is 2.21. The Labute approximate surface area is 99.5 Å². The third-order valence-corrected chi connectivity index (χ3v) is 2.62. The van der Waals surface area contributed by atoms with Crippen LogP contribution < -0.4 is 11.1 Å². The fraction of sp³-hybridized carbons (Fsp3) is 0.154. The van der Waals surface area contributed by atoms with Crippen molar-refractivity contribution in [1.82, 2.24) is 4.98 Å². The molecule has 0 aliphatic carbocycles. The van der Waals surface area contributed by atoms with E-state index >= 15 is 0 Å². The van der Waals surface area contributed by atoms with E-state index in [1.807, 2.05) is 19.1 Å². The van der Waals surface area contributed by atoms with Gasteiger partial charge in [0.05, 0.1) is 23.6 Å².